The molecule has 0 amide bonds. The fourth-order valence-electron chi connectivity index (χ4n) is 5.02. The number of aliphatic hydroxyl groups is 1. The molecule has 0 bridgehead atoms. The Bertz CT molecular complexity index is 1200. The smallest absolute Gasteiger partial charge is 0.331 e. The summed E-state index contributed by atoms with van der Waals surface area (Å²) in [7, 11) is 1.57. The second-order valence-corrected chi connectivity index (χ2v) is 13.6. The maximum Gasteiger partial charge on any atom is 0.331 e. The summed E-state index contributed by atoms with van der Waals surface area (Å²) < 4.78 is 30.5. The van der Waals surface area contributed by atoms with Crippen molar-refractivity contribution in [3.05, 3.63) is 24.3 Å². The number of esters is 6. The van der Waals surface area contributed by atoms with Crippen molar-refractivity contribution >= 4 is 41.6 Å². The van der Waals surface area contributed by atoms with Crippen LogP contribution in [0.25, 0.3) is 0 Å². The summed E-state index contributed by atoms with van der Waals surface area (Å²) in [5.74, 6) is -3.84. The number of hydrogen-bond donors (Lipinski definition) is 1. The molecule has 0 radical (unpaired) electrons. The van der Waals surface area contributed by atoms with E-state index in [-0.39, 0.29) is 87.2 Å². The van der Waals surface area contributed by atoms with Crippen molar-refractivity contribution < 1.29 is 67.1 Å². The molecule has 0 aromatic heterocycles. The summed E-state index contributed by atoms with van der Waals surface area (Å²) in [5, 5.41) is 9.08. The van der Waals surface area contributed by atoms with Crippen molar-refractivity contribution in [1.29, 1.82) is 0 Å². The van der Waals surface area contributed by atoms with E-state index in [1.807, 2.05) is 20.8 Å². The molecule has 4 unspecified atom stereocenters. The minimum absolute atomic E-state index is 0.0396. The predicted octanol–water partition coefficient (Wildman–Crippen LogP) is 4.53. The number of methoxy groups -OCH3 is 1. The number of aliphatic hydroxyl groups excluding tert-OH is 1. The zero-order chi connectivity index (χ0) is 38.9. The van der Waals surface area contributed by atoms with Crippen molar-refractivity contribution in [2.45, 2.75) is 117 Å². The van der Waals surface area contributed by atoms with Gasteiger partial charge in [0.25, 0.3) is 0 Å². The van der Waals surface area contributed by atoms with Crippen molar-refractivity contribution in [3.63, 3.8) is 0 Å². The highest BCUT2D eigenvalue weighted by molar-refractivity contribution is 5.95. The monoisotopic (exact) mass is 738 g/mol. The average Bonchev–Trinajstić information content (AvgIpc) is 3.11. The number of carbonyl (C=O) groups excluding carboxylic acids is 7. The fraction of sp³-hybridized carbons (Fsp3) is 0.711. The van der Waals surface area contributed by atoms with Crippen LogP contribution in [-0.2, 0) is 62.0 Å². The third kappa shape index (κ3) is 23.5. The number of carbonyl (C=O) groups is 7. The predicted molar refractivity (Wildman–Crippen MR) is 187 cm³/mol. The first-order valence-corrected chi connectivity index (χ1v) is 18.2. The van der Waals surface area contributed by atoms with Gasteiger partial charge in [-0.2, -0.15) is 0 Å². The molecule has 1 saturated carbocycles. The molecule has 0 aliphatic heterocycles. The zero-order valence-electron chi connectivity index (χ0n) is 31.3. The van der Waals surface area contributed by atoms with E-state index >= 15 is 0 Å². The Labute approximate surface area is 306 Å². The summed E-state index contributed by atoms with van der Waals surface area (Å²) in [5.41, 5.74) is 0. The topological polar surface area (TPSA) is 195 Å². The van der Waals surface area contributed by atoms with Crippen LogP contribution < -0.4 is 0 Å². The summed E-state index contributed by atoms with van der Waals surface area (Å²) >= 11 is 0. The van der Waals surface area contributed by atoms with Gasteiger partial charge < -0.3 is 33.5 Å². The summed E-state index contributed by atoms with van der Waals surface area (Å²) in [4.78, 5) is 83.9. The van der Waals surface area contributed by atoms with E-state index in [1.165, 1.54) is 13.0 Å². The van der Waals surface area contributed by atoms with Crippen molar-refractivity contribution in [1.82, 2.24) is 0 Å². The molecule has 0 heterocycles. The van der Waals surface area contributed by atoms with Gasteiger partial charge in [-0.15, -0.1) is 0 Å². The maximum atomic E-state index is 12.6. The lowest BCUT2D eigenvalue weighted by molar-refractivity contribution is -0.164. The van der Waals surface area contributed by atoms with Crippen LogP contribution in [0.15, 0.2) is 24.3 Å². The summed E-state index contributed by atoms with van der Waals surface area (Å²) in [6, 6.07) is 0. The first-order valence-electron chi connectivity index (χ1n) is 18.2. The van der Waals surface area contributed by atoms with E-state index in [2.05, 4.69) is 0 Å². The average molecular weight is 739 g/mol. The highest BCUT2D eigenvalue weighted by atomic mass is 16.6. The Kier molecular flexibility index (Phi) is 23.8. The zero-order valence-corrected chi connectivity index (χ0v) is 31.3. The lowest BCUT2D eigenvalue weighted by atomic mass is 9.82. The van der Waals surface area contributed by atoms with Gasteiger partial charge in [0.2, 0.25) is 0 Å². The van der Waals surface area contributed by atoms with Gasteiger partial charge in [-0.05, 0) is 95.5 Å². The van der Waals surface area contributed by atoms with Crippen LogP contribution in [0.1, 0.15) is 105 Å². The molecule has 1 rings (SSSR count). The van der Waals surface area contributed by atoms with Crippen LogP contribution in [0.4, 0.5) is 0 Å². The highest BCUT2D eigenvalue weighted by Crippen LogP contribution is 2.30. The molecule has 1 N–H and O–H groups in total. The standard InChI is InChI=1S/C38H58O14/c1-26(20-23-49-34(42)18-19-36(44)50-24-28(3)39)6-15-35(43)51-25-30-9-11-31(12-10-30)38(46)52-37(45)16-7-27(2)21-22-48-33(41)17-14-32(40)13-8-29(4)47-5/h14,17-19,26-31,39H,6-13,15-16,20-25H2,1-5H3/b17-14+,19-18+. The minimum Gasteiger partial charge on any atom is -0.465 e. The maximum absolute atomic E-state index is 12.6. The molecular formula is C38H58O14. The lowest BCUT2D eigenvalue weighted by Gasteiger charge is -2.26. The Morgan fingerprint density at radius 2 is 1.15 bits per heavy atom. The molecular weight excluding hydrogens is 680 g/mol. The Balaban J connectivity index is 2.16. The van der Waals surface area contributed by atoms with Crippen molar-refractivity contribution in [2.24, 2.45) is 23.7 Å². The molecule has 0 aromatic carbocycles. The van der Waals surface area contributed by atoms with Crippen LogP contribution in [0.3, 0.4) is 0 Å². The van der Waals surface area contributed by atoms with Gasteiger partial charge in [0.05, 0.1) is 37.9 Å². The molecule has 0 aromatic rings. The van der Waals surface area contributed by atoms with E-state index in [4.69, 9.17) is 33.5 Å². The second kappa shape index (κ2) is 26.8. The molecule has 14 nitrogen and oxygen atoms in total. The molecule has 1 aliphatic rings. The summed E-state index contributed by atoms with van der Waals surface area (Å²) in [6.07, 6.45) is 8.93. The highest BCUT2D eigenvalue weighted by Gasteiger charge is 2.29. The third-order valence-electron chi connectivity index (χ3n) is 8.69. The van der Waals surface area contributed by atoms with E-state index in [1.54, 1.807) is 7.11 Å². The molecule has 52 heavy (non-hydrogen) atoms. The minimum atomic E-state index is -0.801. The number of ether oxygens (including phenoxy) is 6. The van der Waals surface area contributed by atoms with Crippen LogP contribution in [0.2, 0.25) is 0 Å². The van der Waals surface area contributed by atoms with Gasteiger partial charge >= 0.3 is 35.8 Å². The quantitative estimate of drug-likeness (QED) is 0.0594. The molecule has 1 fully saturated rings. The Hall–Kier alpha value is -3.91. The van der Waals surface area contributed by atoms with Crippen LogP contribution >= 0.6 is 0 Å². The Morgan fingerprint density at radius 3 is 1.69 bits per heavy atom. The van der Waals surface area contributed by atoms with Gasteiger partial charge in [-0.25, -0.2) is 14.4 Å². The molecule has 14 heteroatoms. The summed E-state index contributed by atoms with van der Waals surface area (Å²) in [6.45, 7) is 7.50. The second-order valence-electron chi connectivity index (χ2n) is 13.6. The van der Waals surface area contributed by atoms with Crippen molar-refractivity contribution in [2.75, 3.05) is 33.5 Å². The molecule has 294 valence electrons. The number of hydrogen-bond acceptors (Lipinski definition) is 14. The first kappa shape index (κ1) is 46.1. The van der Waals surface area contributed by atoms with Crippen molar-refractivity contribution in [3.8, 4) is 0 Å². The fourth-order valence-corrected chi connectivity index (χ4v) is 5.02. The number of rotatable bonds is 25. The van der Waals surface area contributed by atoms with E-state index in [0.29, 0.717) is 57.8 Å². The molecule has 0 spiro atoms. The SMILES string of the molecule is COC(C)CCC(=O)/C=C/C(=O)OCCC(C)CCC(=O)OC(=O)C1CCC(COC(=O)CCC(C)CCOC(=O)/C=C/C(=O)OCC(C)O)CC1. The van der Waals surface area contributed by atoms with Gasteiger partial charge in [0, 0.05) is 44.6 Å². The largest absolute Gasteiger partial charge is 0.465 e. The van der Waals surface area contributed by atoms with Crippen LogP contribution in [0.5, 0.6) is 0 Å². The number of allylic oxidation sites excluding steroid dienone is 1. The van der Waals surface area contributed by atoms with Crippen LogP contribution in [-0.4, -0.2) is 92.5 Å². The van der Waals surface area contributed by atoms with E-state index in [9.17, 15) is 33.6 Å². The third-order valence-corrected chi connectivity index (χ3v) is 8.69. The molecule has 4 atom stereocenters. The molecule has 0 saturated heterocycles. The van der Waals surface area contributed by atoms with Gasteiger partial charge in [0.1, 0.15) is 6.61 Å². The Morgan fingerprint density at radius 1 is 0.635 bits per heavy atom. The van der Waals surface area contributed by atoms with E-state index < -0.39 is 36.0 Å². The molecule has 1 aliphatic carbocycles. The van der Waals surface area contributed by atoms with E-state index in [0.717, 1.165) is 18.2 Å². The van der Waals surface area contributed by atoms with Gasteiger partial charge in [-0.3, -0.25) is 19.2 Å². The van der Waals surface area contributed by atoms with Gasteiger partial charge in [-0.1, -0.05) is 13.8 Å². The van der Waals surface area contributed by atoms with Crippen LogP contribution in [0, 0.1) is 23.7 Å². The normalized spacial score (nSPS) is 18.2. The van der Waals surface area contributed by atoms with Gasteiger partial charge in [0.15, 0.2) is 5.78 Å². The lowest BCUT2D eigenvalue weighted by Crippen LogP contribution is -2.27. The number of ketones is 1. The first-order chi connectivity index (χ1) is 24.7.